The Morgan fingerprint density at radius 3 is 2.46 bits per heavy atom. The number of carbonyl (C=O) groups excluding carboxylic acids is 1. The van der Waals surface area contributed by atoms with Crippen molar-refractivity contribution in [3.63, 3.8) is 0 Å². The molecule has 0 radical (unpaired) electrons. The predicted molar refractivity (Wildman–Crippen MR) is 53.6 cm³/mol. The van der Waals surface area contributed by atoms with Crippen molar-refractivity contribution in [1.82, 2.24) is 5.32 Å². The average molecular weight is 187 g/mol. The van der Waals surface area contributed by atoms with Crippen molar-refractivity contribution in [1.29, 1.82) is 0 Å². The van der Waals surface area contributed by atoms with Crippen LogP contribution < -0.4 is 5.32 Å². The zero-order valence-corrected chi connectivity index (χ0v) is 9.09. The Bertz CT molecular complexity index is 148. The molecule has 3 nitrogen and oxygen atoms in total. The maximum Gasteiger partial charge on any atom is 0.319 e. The van der Waals surface area contributed by atoms with Crippen LogP contribution in [0.25, 0.3) is 0 Å². The molecule has 2 unspecified atom stereocenters. The zero-order chi connectivity index (χ0) is 10.3. The molecule has 0 aromatic rings. The fourth-order valence-corrected chi connectivity index (χ4v) is 1.01. The van der Waals surface area contributed by atoms with E-state index in [1.165, 1.54) is 0 Å². The summed E-state index contributed by atoms with van der Waals surface area (Å²) in [6, 6.07) is 0.370. The number of rotatable bonds is 6. The van der Waals surface area contributed by atoms with E-state index in [2.05, 4.69) is 26.1 Å². The summed E-state index contributed by atoms with van der Waals surface area (Å²) in [5, 5.41) is 3.14. The summed E-state index contributed by atoms with van der Waals surface area (Å²) in [5.74, 6) is 0.423. The van der Waals surface area contributed by atoms with Crippen molar-refractivity contribution in [3.05, 3.63) is 0 Å². The Morgan fingerprint density at radius 1 is 1.38 bits per heavy atom. The van der Waals surface area contributed by atoms with Crippen LogP contribution in [0.3, 0.4) is 0 Å². The summed E-state index contributed by atoms with van der Waals surface area (Å²) >= 11 is 0. The van der Waals surface area contributed by atoms with Gasteiger partial charge in [0, 0.05) is 6.04 Å². The summed E-state index contributed by atoms with van der Waals surface area (Å²) in [5.41, 5.74) is 0. The van der Waals surface area contributed by atoms with Crippen LogP contribution in [0.4, 0.5) is 0 Å². The van der Waals surface area contributed by atoms with Crippen LogP contribution in [0.2, 0.25) is 0 Å². The topological polar surface area (TPSA) is 38.3 Å². The van der Waals surface area contributed by atoms with Gasteiger partial charge in [0.2, 0.25) is 0 Å². The van der Waals surface area contributed by atoms with Crippen LogP contribution in [0, 0.1) is 5.92 Å². The standard InChI is InChI=1S/C10H21NO2/c1-5-8(3)9(4)11-7-10(12)13-6-2/h8-9,11H,5-7H2,1-4H3. The Labute approximate surface area is 80.8 Å². The molecule has 3 heteroatoms. The van der Waals surface area contributed by atoms with Crippen molar-refractivity contribution in [2.24, 2.45) is 5.92 Å². The lowest BCUT2D eigenvalue weighted by atomic mass is 10.0. The molecule has 0 aliphatic carbocycles. The molecule has 13 heavy (non-hydrogen) atoms. The van der Waals surface area contributed by atoms with E-state index in [4.69, 9.17) is 4.74 Å². The molecule has 0 amide bonds. The van der Waals surface area contributed by atoms with Gasteiger partial charge in [-0.15, -0.1) is 0 Å². The van der Waals surface area contributed by atoms with E-state index in [1.807, 2.05) is 6.92 Å². The summed E-state index contributed by atoms with van der Waals surface area (Å²) in [7, 11) is 0. The van der Waals surface area contributed by atoms with Gasteiger partial charge in [0.25, 0.3) is 0 Å². The highest BCUT2D eigenvalue weighted by atomic mass is 16.5. The number of esters is 1. The van der Waals surface area contributed by atoms with Crippen molar-refractivity contribution < 1.29 is 9.53 Å². The number of carbonyl (C=O) groups is 1. The van der Waals surface area contributed by atoms with Gasteiger partial charge in [0.05, 0.1) is 13.2 Å². The third-order valence-electron chi connectivity index (χ3n) is 2.37. The van der Waals surface area contributed by atoms with Crippen molar-refractivity contribution in [2.75, 3.05) is 13.2 Å². The number of nitrogens with one attached hydrogen (secondary N) is 1. The molecule has 1 N–H and O–H groups in total. The summed E-state index contributed by atoms with van der Waals surface area (Å²) in [6.45, 7) is 9.00. The van der Waals surface area contributed by atoms with Crippen LogP contribution in [-0.2, 0) is 9.53 Å². The quantitative estimate of drug-likeness (QED) is 0.641. The van der Waals surface area contributed by atoms with Gasteiger partial charge in [-0.2, -0.15) is 0 Å². The van der Waals surface area contributed by atoms with Gasteiger partial charge in [-0.05, 0) is 19.8 Å². The summed E-state index contributed by atoms with van der Waals surface area (Å²) < 4.78 is 4.80. The van der Waals surface area contributed by atoms with Crippen LogP contribution in [-0.4, -0.2) is 25.2 Å². The maximum absolute atomic E-state index is 11.0. The molecule has 0 bridgehead atoms. The van der Waals surface area contributed by atoms with E-state index in [0.717, 1.165) is 6.42 Å². The van der Waals surface area contributed by atoms with Crippen LogP contribution >= 0.6 is 0 Å². The van der Waals surface area contributed by atoms with E-state index in [0.29, 0.717) is 25.1 Å². The van der Waals surface area contributed by atoms with E-state index in [9.17, 15) is 4.79 Å². The van der Waals surface area contributed by atoms with Gasteiger partial charge in [0.15, 0.2) is 0 Å². The second-order valence-corrected chi connectivity index (χ2v) is 3.36. The van der Waals surface area contributed by atoms with E-state index >= 15 is 0 Å². The molecule has 0 aromatic carbocycles. The highest BCUT2D eigenvalue weighted by molar-refractivity contribution is 5.71. The monoisotopic (exact) mass is 187 g/mol. The van der Waals surface area contributed by atoms with Gasteiger partial charge >= 0.3 is 5.97 Å². The molecule has 0 aliphatic heterocycles. The number of ether oxygens (including phenoxy) is 1. The lowest BCUT2D eigenvalue weighted by Gasteiger charge is -2.19. The molecular weight excluding hydrogens is 166 g/mol. The average Bonchev–Trinajstić information content (AvgIpc) is 2.13. The Balaban J connectivity index is 3.57. The number of hydrogen-bond acceptors (Lipinski definition) is 3. The second-order valence-electron chi connectivity index (χ2n) is 3.36. The Hall–Kier alpha value is -0.570. The molecule has 0 spiro atoms. The summed E-state index contributed by atoms with van der Waals surface area (Å²) in [4.78, 5) is 11.0. The first-order valence-corrected chi connectivity index (χ1v) is 5.00. The lowest BCUT2D eigenvalue weighted by molar-refractivity contribution is -0.142. The van der Waals surface area contributed by atoms with Crippen molar-refractivity contribution >= 4 is 5.97 Å². The minimum Gasteiger partial charge on any atom is -0.465 e. The largest absolute Gasteiger partial charge is 0.465 e. The fraction of sp³-hybridized carbons (Fsp3) is 0.900. The van der Waals surface area contributed by atoms with E-state index in [-0.39, 0.29) is 5.97 Å². The van der Waals surface area contributed by atoms with Gasteiger partial charge in [-0.1, -0.05) is 20.3 Å². The zero-order valence-electron chi connectivity index (χ0n) is 9.09. The van der Waals surface area contributed by atoms with E-state index < -0.39 is 0 Å². The molecule has 78 valence electrons. The fourth-order valence-electron chi connectivity index (χ4n) is 1.01. The molecule has 0 aliphatic rings. The summed E-state index contributed by atoms with van der Waals surface area (Å²) in [6.07, 6.45) is 1.12. The normalized spacial score (nSPS) is 15.1. The molecular formula is C10H21NO2. The van der Waals surface area contributed by atoms with Gasteiger partial charge in [0.1, 0.15) is 0 Å². The third kappa shape index (κ3) is 5.64. The molecule has 0 rings (SSSR count). The van der Waals surface area contributed by atoms with E-state index in [1.54, 1.807) is 0 Å². The molecule has 0 aromatic heterocycles. The SMILES string of the molecule is CCOC(=O)CNC(C)C(C)CC. The highest BCUT2D eigenvalue weighted by Crippen LogP contribution is 2.05. The minimum absolute atomic E-state index is 0.169. The van der Waals surface area contributed by atoms with Gasteiger partial charge < -0.3 is 10.1 Å². The lowest BCUT2D eigenvalue weighted by Crippen LogP contribution is -2.36. The smallest absolute Gasteiger partial charge is 0.319 e. The third-order valence-corrected chi connectivity index (χ3v) is 2.37. The molecule has 0 saturated heterocycles. The second kappa shape index (κ2) is 6.89. The van der Waals surface area contributed by atoms with Crippen LogP contribution in [0.1, 0.15) is 34.1 Å². The number of hydrogen-bond donors (Lipinski definition) is 1. The van der Waals surface area contributed by atoms with Crippen LogP contribution in [0.15, 0.2) is 0 Å². The highest BCUT2D eigenvalue weighted by Gasteiger charge is 2.10. The Morgan fingerprint density at radius 2 is 2.00 bits per heavy atom. The van der Waals surface area contributed by atoms with Crippen molar-refractivity contribution in [3.8, 4) is 0 Å². The van der Waals surface area contributed by atoms with Gasteiger partial charge in [-0.3, -0.25) is 4.79 Å². The molecule has 0 heterocycles. The minimum atomic E-state index is -0.169. The molecule has 2 atom stereocenters. The maximum atomic E-state index is 11.0. The first-order chi connectivity index (χ1) is 6.11. The first-order valence-electron chi connectivity index (χ1n) is 5.00. The van der Waals surface area contributed by atoms with Gasteiger partial charge in [-0.25, -0.2) is 0 Å². The van der Waals surface area contributed by atoms with Crippen LogP contribution in [0.5, 0.6) is 0 Å². The molecule has 0 saturated carbocycles. The first kappa shape index (κ1) is 12.4. The molecule has 0 fully saturated rings. The predicted octanol–water partition coefficient (Wildman–Crippen LogP) is 1.57. The Kier molecular flexibility index (Phi) is 6.59. The van der Waals surface area contributed by atoms with Crippen molar-refractivity contribution in [2.45, 2.75) is 40.2 Å².